The third-order valence-electron chi connectivity index (χ3n) is 3.58. The van der Waals surface area contributed by atoms with Gasteiger partial charge in [-0.1, -0.05) is 19.1 Å². The van der Waals surface area contributed by atoms with Crippen molar-refractivity contribution in [2.75, 3.05) is 0 Å². The van der Waals surface area contributed by atoms with Gasteiger partial charge in [0.15, 0.2) is 0 Å². The van der Waals surface area contributed by atoms with Crippen molar-refractivity contribution in [2.45, 2.75) is 32.2 Å². The highest BCUT2D eigenvalue weighted by molar-refractivity contribution is 5.17. The van der Waals surface area contributed by atoms with Crippen LogP contribution in [0.4, 0.5) is 4.39 Å². The number of nitrogens with two attached hydrogens (primary N) is 1. The van der Waals surface area contributed by atoms with E-state index in [1.165, 1.54) is 25.0 Å². The number of hydrogen-bond acceptors (Lipinski definition) is 2. The van der Waals surface area contributed by atoms with Crippen LogP contribution >= 0.6 is 0 Å². The maximum Gasteiger partial charge on any atom is 0.123 e. The summed E-state index contributed by atoms with van der Waals surface area (Å²) in [4.78, 5) is 0. The fraction of sp³-hybridized carbons (Fsp3) is 0.538. The average Bonchev–Trinajstić information content (AvgIpc) is 3.11. The van der Waals surface area contributed by atoms with Gasteiger partial charge in [-0.3, -0.25) is 11.3 Å². The minimum atomic E-state index is -0.184. The first kappa shape index (κ1) is 11.6. The van der Waals surface area contributed by atoms with Crippen molar-refractivity contribution in [1.82, 2.24) is 5.43 Å². The molecule has 0 radical (unpaired) electrons. The first-order valence-corrected chi connectivity index (χ1v) is 5.91. The summed E-state index contributed by atoms with van der Waals surface area (Å²) in [6, 6.07) is 6.96. The molecule has 0 aromatic heterocycles. The molecule has 2 unspecified atom stereocenters. The van der Waals surface area contributed by atoms with E-state index in [9.17, 15) is 4.39 Å². The van der Waals surface area contributed by atoms with Crippen molar-refractivity contribution < 1.29 is 4.39 Å². The maximum atomic E-state index is 12.8. The summed E-state index contributed by atoms with van der Waals surface area (Å²) in [5.74, 6) is 6.82. The van der Waals surface area contributed by atoms with Gasteiger partial charge in [0.1, 0.15) is 5.82 Å². The second-order valence-corrected chi connectivity index (χ2v) is 4.80. The van der Waals surface area contributed by atoms with E-state index in [1.54, 1.807) is 0 Å². The minimum Gasteiger partial charge on any atom is -0.271 e. The lowest BCUT2D eigenvalue weighted by Crippen LogP contribution is -2.42. The van der Waals surface area contributed by atoms with Gasteiger partial charge >= 0.3 is 0 Å². The SMILES string of the molecule is CC(C1CC1)C(Cc1ccc(F)cc1)NN. The van der Waals surface area contributed by atoms with Crippen LogP contribution in [-0.4, -0.2) is 6.04 Å². The van der Waals surface area contributed by atoms with E-state index >= 15 is 0 Å². The van der Waals surface area contributed by atoms with E-state index < -0.39 is 0 Å². The van der Waals surface area contributed by atoms with Gasteiger partial charge in [0.05, 0.1) is 0 Å². The van der Waals surface area contributed by atoms with Crippen molar-refractivity contribution in [3.63, 3.8) is 0 Å². The van der Waals surface area contributed by atoms with Gasteiger partial charge in [-0.2, -0.15) is 0 Å². The van der Waals surface area contributed by atoms with Gasteiger partial charge in [-0.25, -0.2) is 4.39 Å². The van der Waals surface area contributed by atoms with Crippen LogP contribution in [0.3, 0.4) is 0 Å². The molecule has 1 fully saturated rings. The van der Waals surface area contributed by atoms with Gasteiger partial charge in [-0.15, -0.1) is 0 Å². The summed E-state index contributed by atoms with van der Waals surface area (Å²) in [6.07, 6.45) is 3.51. The first-order chi connectivity index (χ1) is 7.70. The predicted molar refractivity (Wildman–Crippen MR) is 63.1 cm³/mol. The number of halogens is 1. The second kappa shape index (κ2) is 4.93. The number of hydrazine groups is 1. The molecule has 1 aliphatic rings. The molecule has 0 saturated heterocycles. The lowest BCUT2D eigenvalue weighted by Gasteiger charge is -2.23. The Labute approximate surface area is 96.0 Å². The minimum absolute atomic E-state index is 0.184. The van der Waals surface area contributed by atoms with Gasteiger partial charge in [0.2, 0.25) is 0 Å². The van der Waals surface area contributed by atoms with E-state index in [2.05, 4.69) is 12.3 Å². The highest BCUT2D eigenvalue weighted by atomic mass is 19.1. The molecule has 2 rings (SSSR count). The van der Waals surface area contributed by atoms with Crippen LogP contribution in [0, 0.1) is 17.7 Å². The summed E-state index contributed by atoms with van der Waals surface area (Å²) in [7, 11) is 0. The van der Waals surface area contributed by atoms with Crippen LogP contribution in [-0.2, 0) is 6.42 Å². The van der Waals surface area contributed by atoms with Crippen molar-refractivity contribution in [1.29, 1.82) is 0 Å². The largest absolute Gasteiger partial charge is 0.271 e. The molecular weight excluding hydrogens is 203 g/mol. The Morgan fingerprint density at radius 1 is 1.38 bits per heavy atom. The lowest BCUT2D eigenvalue weighted by molar-refractivity contribution is 0.343. The Morgan fingerprint density at radius 2 is 2.00 bits per heavy atom. The second-order valence-electron chi connectivity index (χ2n) is 4.80. The fourth-order valence-electron chi connectivity index (χ4n) is 2.22. The first-order valence-electron chi connectivity index (χ1n) is 5.91. The van der Waals surface area contributed by atoms with Gasteiger partial charge in [0, 0.05) is 6.04 Å². The molecule has 0 spiro atoms. The van der Waals surface area contributed by atoms with Crippen LogP contribution in [0.1, 0.15) is 25.3 Å². The van der Waals surface area contributed by atoms with Gasteiger partial charge in [-0.05, 0) is 48.8 Å². The molecule has 16 heavy (non-hydrogen) atoms. The zero-order valence-electron chi connectivity index (χ0n) is 9.62. The van der Waals surface area contributed by atoms with Crippen molar-refractivity contribution in [3.05, 3.63) is 35.6 Å². The summed E-state index contributed by atoms with van der Waals surface area (Å²) in [6.45, 7) is 2.24. The van der Waals surface area contributed by atoms with E-state index in [0.29, 0.717) is 5.92 Å². The Balaban J connectivity index is 1.97. The summed E-state index contributed by atoms with van der Waals surface area (Å²) in [5.41, 5.74) is 4.03. The highest BCUT2D eigenvalue weighted by Crippen LogP contribution is 2.38. The normalized spacial score (nSPS) is 19.4. The van der Waals surface area contributed by atoms with Crippen molar-refractivity contribution in [3.8, 4) is 0 Å². The third kappa shape index (κ3) is 2.80. The monoisotopic (exact) mass is 222 g/mol. The smallest absolute Gasteiger partial charge is 0.123 e. The Morgan fingerprint density at radius 3 is 2.50 bits per heavy atom. The standard InChI is InChI=1S/C13H19FN2/c1-9(11-4-5-11)13(16-15)8-10-2-6-12(14)7-3-10/h2-3,6-7,9,11,13,16H,4-5,8,15H2,1H3. The zero-order chi connectivity index (χ0) is 11.5. The molecule has 0 amide bonds. The van der Waals surface area contributed by atoms with Gasteiger partial charge < -0.3 is 0 Å². The van der Waals surface area contributed by atoms with E-state index in [-0.39, 0.29) is 11.9 Å². The highest BCUT2D eigenvalue weighted by Gasteiger charge is 2.32. The van der Waals surface area contributed by atoms with Crippen LogP contribution in [0.2, 0.25) is 0 Å². The molecule has 2 atom stereocenters. The molecule has 88 valence electrons. The number of hydrogen-bond donors (Lipinski definition) is 2. The van der Waals surface area contributed by atoms with Gasteiger partial charge in [0.25, 0.3) is 0 Å². The van der Waals surface area contributed by atoms with E-state index in [4.69, 9.17) is 5.84 Å². The lowest BCUT2D eigenvalue weighted by atomic mass is 9.92. The Kier molecular flexibility index (Phi) is 3.56. The molecule has 0 aliphatic heterocycles. The molecular formula is C13H19FN2. The molecule has 1 aliphatic carbocycles. The Bertz CT molecular complexity index is 332. The number of benzene rings is 1. The molecule has 2 nitrogen and oxygen atoms in total. The molecule has 1 aromatic carbocycles. The summed E-state index contributed by atoms with van der Waals surface area (Å²) in [5, 5.41) is 0. The maximum absolute atomic E-state index is 12.8. The molecule has 3 N–H and O–H groups in total. The summed E-state index contributed by atoms with van der Waals surface area (Å²) < 4.78 is 12.8. The number of rotatable bonds is 5. The topological polar surface area (TPSA) is 38.0 Å². The van der Waals surface area contributed by atoms with Crippen molar-refractivity contribution >= 4 is 0 Å². The zero-order valence-corrected chi connectivity index (χ0v) is 9.62. The van der Waals surface area contributed by atoms with Crippen LogP contribution < -0.4 is 11.3 Å². The van der Waals surface area contributed by atoms with E-state index in [0.717, 1.165) is 17.9 Å². The fourth-order valence-corrected chi connectivity index (χ4v) is 2.22. The summed E-state index contributed by atoms with van der Waals surface area (Å²) >= 11 is 0. The predicted octanol–water partition coefficient (Wildman–Crippen LogP) is 2.25. The molecule has 1 saturated carbocycles. The van der Waals surface area contributed by atoms with Crippen LogP contribution in [0.15, 0.2) is 24.3 Å². The molecule has 0 heterocycles. The third-order valence-corrected chi connectivity index (χ3v) is 3.58. The quantitative estimate of drug-likeness (QED) is 0.592. The van der Waals surface area contributed by atoms with E-state index in [1.807, 2.05) is 12.1 Å². The van der Waals surface area contributed by atoms with Crippen LogP contribution in [0.5, 0.6) is 0 Å². The Hall–Kier alpha value is -0.930. The molecule has 1 aromatic rings. The average molecular weight is 222 g/mol. The number of nitrogens with one attached hydrogen (secondary N) is 1. The van der Waals surface area contributed by atoms with Crippen LogP contribution in [0.25, 0.3) is 0 Å². The van der Waals surface area contributed by atoms with Crippen molar-refractivity contribution in [2.24, 2.45) is 17.7 Å². The molecule has 0 bridgehead atoms. The molecule has 3 heteroatoms.